The minimum atomic E-state index is -0.294. The number of amides is 1. The second-order valence-electron chi connectivity index (χ2n) is 6.34. The maximum Gasteiger partial charge on any atom is 0.249 e. The molecule has 1 N–H and O–H groups in total. The van der Waals surface area contributed by atoms with Gasteiger partial charge >= 0.3 is 0 Å². The van der Waals surface area contributed by atoms with Gasteiger partial charge in [0.1, 0.15) is 12.6 Å². The molecule has 1 atom stereocenters. The smallest absolute Gasteiger partial charge is 0.249 e. The molecule has 1 fully saturated rings. The van der Waals surface area contributed by atoms with Gasteiger partial charge in [0.05, 0.1) is 0 Å². The van der Waals surface area contributed by atoms with E-state index in [0.29, 0.717) is 24.9 Å². The van der Waals surface area contributed by atoms with Gasteiger partial charge in [-0.3, -0.25) is 9.48 Å². The first-order chi connectivity index (χ1) is 11.6. The van der Waals surface area contributed by atoms with E-state index in [1.807, 2.05) is 13.8 Å². The highest BCUT2D eigenvalue weighted by molar-refractivity contribution is 5.76. The molecule has 2 aromatic rings. The lowest BCUT2D eigenvalue weighted by Gasteiger charge is -2.28. The van der Waals surface area contributed by atoms with Gasteiger partial charge in [-0.05, 0) is 24.8 Å². The Morgan fingerprint density at radius 3 is 2.83 bits per heavy atom. The zero-order chi connectivity index (χ0) is 16.9. The lowest BCUT2D eigenvalue weighted by Crippen LogP contribution is -2.38. The average molecular weight is 333 g/mol. The molecule has 3 rings (SSSR count). The minimum absolute atomic E-state index is 0.125. The molecule has 0 bridgehead atoms. The molecule has 0 spiro atoms. The summed E-state index contributed by atoms with van der Waals surface area (Å²) in [4.78, 5) is 16.9. The summed E-state index contributed by atoms with van der Waals surface area (Å²) in [6.07, 6.45) is 5.11. The molecule has 0 radical (unpaired) electrons. The van der Waals surface area contributed by atoms with Crippen LogP contribution in [-0.2, 0) is 16.1 Å². The fraction of sp³-hybridized carbons (Fsp3) is 0.625. The fourth-order valence-corrected chi connectivity index (χ4v) is 2.80. The van der Waals surface area contributed by atoms with Crippen LogP contribution in [0.2, 0.25) is 0 Å². The molecule has 1 aliphatic rings. The van der Waals surface area contributed by atoms with Crippen LogP contribution in [0.4, 0.5) is 0 Å². The van der Waals surface area contributed by atoms with Crippen molar-refractivity contribution in [3.63, 3.8) is 0 Å². The van der Waals surface area contributed by atoms with Gasteiger partial charge < -0.3 is 14.6 Å². The van der Waals surface area contributed by atoms with Gasteiger partial charge in [0, 0.05) is 31.5 Å². The van der Waals surface area contributed by atoms with Crippen molar-refractivity contribution in [2.75, 3.05) is 13.2 Å². The van der Waals surface area contributed by atoms with Crippen LogP contribution >= 0.6 is 0 Å². The van der Waals surface area contributed by atoms with Crippen molar-refractivity contribution in [2.45, 2.75) is 45.2 Å². The van der Waals surface area contributed by atoms with Crippen LogP contribution in [0.1, 0.15) is 50.4 Å². The molecule has 2 aromatic heterocycles. The Labute approximate surface area is 140 Å². The lowest BCUT2D eigenvalue weighted by atomic mass is 9.91. The van der Waals surface area contributed by atoms with E-state index in [4.69, 9.17) is 9.26 Å². The Morgan fingerprint density at radius 1 is 1.42 bits per heavy atom. The lowest BCUT2D eigenvalue weighted by molar-refractivity contribution is -0.123. The van der Waals surface area contributed by atoms with Crippen molar-refractivity contribution in [3.8, 4) is 0 Å². The normalized spacial score (nSPS) is 17.1. The van der Waals surface area contributed by atoms with Gasteiger partial charge in [-0.1, -0.05) is 19.0 Å². The zero-order valence-electron chi connectivity index (χ0n) is 14.0. The summed E-state index contributed by atoms with van der Waals surface area (Å²) in [5.41, 5.74) is 0. The molecule has 1 saturated heterocycles. The molecule has 0 saturated carbocycles. The van der Waals surface area contributed by atoms with Gasteiger partial charge in [0.25, 0.3) is 0 Å². The van der Waals surface area contributed by atoms with E-state index in [-0.39, 0.29) is 30.3 Å². The summed E-state index contributed by atoms with van der Waals surface area (Å²) < 4.78 is 12.5. The predicted molar refractivity (Wildman–Crippen MR) is 85.0 cm³/mol. The topological polar surface area (TPSA) is 95.1 Å². The predicted octanol–water partition coefficient (Wildman–Crippen LogP) is 1.67. The Morgan fingerprint density at radius 2 is 2.21 bits per heavy atom. The van der Waals surface area contributed by atoms with E-state index in [9.17, 15) is 4.79 Å². The van der Waals surface area contributed by atoms with Crippen LogP contribution in [0.5, 0.6) is 0 Å². The van der Waals surface area contributed by atoms with Crippen molar-refractivity contribution < 1.29 is 14.1 Å². The van der Waals surface area contributed by atoms with E-state index in [1.54, 1.807) is 23.1 Å². The first-order valence-electron chi connectivity index (χ1n) is 8.31. The van der Waals surface area contributed by atoms with E-state index in [1.165, 1.54) is 0 Å². The van der Waals surface area contributed by atoms with Gasteiger partial charge in [0.2, 0.25) is 11.8 Å². The number of nitrogens with one attached hydrogen (secondary N) is 1. The van der Waals surface area contributed by atoms with Crippen LogP contribution in [-0.4, -0.2) is 39.0 Å². The molecule has 24 heavy (non-hydrogen) atoms. The number of aromatic nitrogens is 4. The first kappa shape index (κ1) is 16.6. The molecule has 3 heterocycles. The Balaban J connectivity index is 1.74. The van der Waals surface area contributed by atoms with Crippen LogP contribution in [0, 0.1) is 5.92 Å². The molecular weight excluding hydrogens is 310 g/mol. The summed E-state index contributed by atoms with van der Waals surface area (Å²) >= 11 is 0. The number of carbonyl (C=O) groups excluding carboxylic acids is 1. The largest absolute Gasteiger partial charge is 0.381 e. The Hall–Kier alpha value is -2.22. The van der Waals surface area contributed by atoms with Crippen molar-refractivity contribution in [2.24, 2.45) is 5.92 Å². The quantitative estimate of drug-likeness (QED) is 0.864. The molecular formula is C16H23N5O3. The number of ether oxygens (including phenoxy) is 1. The van der Waals surface area contributed by atoms with E-state index >= 15 is 0 Å². The monoisotopic (exact) mass is 333 g/mol. The number of carbonyl (C=O) groups is 1. The number of hydrogen-bond donors (Lipinski definition) is 1. The fourth-order valence-electron chi connectivity index (χ4n) is 2.80. The van der Waals surface area contributed by atoms with Crippen molar-refractivity contribution in [1.82, 2.24) is 25.2 Å². The van der Waals surface area contributed by atoms with Crippen LogP contribution < -0.4 is 5.32 Å². The van der Waals surface area contributed by atoms with Crippen molar-refractivity contribution in [3.05, 3.63) is 30.2 Å². The van der Waals surface area contributed by atoms with Crippen LogP contribution in [0.15, 0.2) is 23.0 Å². The van der Waals surface area contributed by atoms with E-state index < -0.39 is 0 Å². The highest BCUT2D eigenvalue weighted by atomic mass is 16.5. The molecule has 1 aliphatic heterocycles. The molecule has 1 amide bonds. The van der Waals surface area contributed by atoms with Crippen LogP contribution in [0.3, 0.4) is 0 Å². The number of rotatable bonds is 6. The van der Waals surface area contributed by atoms with Crippen molar-refractivity contribution in [1.29, 1.82) is 0 Å². The maximum absolute atomic E-state index is 12.4. The highest BCUT2D eigenvalue weighted by Gasteiger charge is 2.31. The standard InChI is InChI=1S/C16H23N5O3/c1-11(2)15-19-16(24-20-15)14(12-4-8-23-9-5-12)18-13(22)10-21-7-3-6-17-21/h3,6-7,11-12,14H,4-5,8-10H2,1-2H3,(H,18,22)/t14-/m1/s1. The molecule has 0 unspecified atom stereocenters. The first-order valence-corrected chi connectivity index (χ1v) is 8.31. The molecule has 0 aliphatic carbocycles. The summed E-state index contributed by atoms with van der Waals surface area (Å²) in [6, 6.07) is 1.49. The molecule has 8 nitrogen and oxygen atoms in total. The van der Waals surface area contributed by atoms with Gasteiger partial charge in [0.15, 0.2) is 5.82 Å². The summed E-state index contributed by atoms with van der Waals surface area (Å²) in [7, 11) is 0. The Bertz CT molecular complexity index is 646. The van der Waals surface area contributed by atoms with Gasteiger partial charge in [-0.15, -0.1) is 0 Å². The third-order valence-corrected chi connectivity index (χ3v) is 4.16. The van der Waals surface area contributed by atoms with E-state index in [0.717, 1.165) is 12.8 Å². The van der Waals surface area contributed by atoms with Gasteiger partial charge in [-0.2, -0.15) is 10.1 Å². The SMILES string of the molecule is CC(C)c1noc([C@H](NC(=O)Cn2cccn2)C2CCOCC2)n1. The molecule has 8 heteroatoms. The second kappa shape index (κ2) is 7.57. The zero-order valence-corrected chi connectivity index (χ0v) is 14.0. The van der Waals surface area contributed by atoms with Crippen LogP contribution in [0.25, 0.3) is 0 Å². The molecule has 130 valence electrons. The average Bonchev–Trinajstić information content (AvgIpc) is 3.25. The minimum Gasteiger partial charge on any atom is -0.381 e. The highest BCUT2D eigenvalue weighted by Crippen LogP contribution is 2.30. The number of hydrogen-bond acceptors (Lipinski definition) is 6. The third-order valence-electron chi connectivity index (χ3n) is 4.16. The Kier molecular flexibility index (Phi) is 5.24. The van der Waals surface area contributed by atoms with Crippen molar-refractivity contribution >= 4 is 5.91 Å². The summed E-state index contributed by atoms with van der Waals surface area (Å²) in [5, 5.41) is 11.1. The van der Waals surface area contributed by atoms with Gasteiger partial charge in [-0.25, -0.2) is 0 Å². The molecule has 0 aromatic carbocycles. The maximum atomic E-state index is 12.4. The summed E-state index contributed by atoms with van der Waals surface area (Å²) in [6.45, 7) is 5.55. The summed E-state index contributed by atoms with van der Waals surface area (Å²) in [5.74, 6) is 1.40. The number of nitrogens with zero attached hydrogens (tertiary/aromatic N) is 4. The third kappa shape index (κ3) is 4.00. The second-order valence-corrected chi connectivity index (χ2v) is 6.34. The van der Waals surface area contributed by atoms with E-state index in [2.05, 4.69) is 20.6 Å².